The first kappa shape index (κ1) is 8.67. The third-order valence-electron chi connectivity index (χ3n) is 1.25. The van der Waals surface area contributed by atoms with E-state index < -0.39 is 0 Å². The Balaban J connectivity index is 2.66. The zero-order valence-electron chi connectivity index (χ0n) is 6.10. The fraction of sp³-hybridized carbons (Fsp3) is 0.750. The Kier molecular flexibility index (Phi) is 7.39. The molecule has 0 aromatic carbocycles. The average Bonchev–Trinajstić information content (AvgIpc) is 1.89. The predicted octanol–water partition coefficient (Wildman–Crippen LogP) is 2.36. The number of carbonyl (C=O) groups is 1. The summed E-state index contributed by atoms with van der Waals surface area (Å²) in [4.78, 5) is 9.82. The summed E-state index contributed by atoms with van der Waals surface area (Å²) in [5.41, 5.74) is 0. The zero-order chi connectivity index (χ0) is 6.95. The van der Waals surface area contributed by atoms with Crippen LogP contribution in [0.25, 0.3) is 0 Å². The molecule has 0 aromatic heterocycles. The van der Waals surface area contributed by atoms with Crippen molar-refractivity contribution in [1.29, 1.82) is 0 Å². The van der Waals surface area contributed by atoms with Crippen LogP contribution in [0, 0.1) is 6.42 Å². The Morgan fingerprint density at radius 1 is 1.22 bits per heavy atom. The molecule has 0 aliphatic heterocycles. The second kappa shape index (κ2) is 7.67. The lowest BCUT2D eigenvalue weighted by atomic mass is 10.1. The summed E-state index contributed by atoms with van der Waals surface area (Å²) < 4.78 is 0. The molecule has 0 saturated heterocycles. The quantitative estimate of drug-likeness (QED) is 0.395. The predicted molar refractivity (Wildman–Crippen MR) is 39.1 cm³/mol. The first-order valence-electron chi connectivity index (χ1n) is 3.67. The zero-order valence-corrected chi connectivity index (χ0v) is 6.10. The molecule has 9 heavy (non-hydrogen) atoms. The highest BCUT2D eigenvalue weighted by atomic mass is 16.1. The number of aldehydes is 1. The molecule has 53 valence electrons. The second-order valence-electron chi connectivity index (χ2n) is 2.17. The average molecular weight is 127 g/mol. The highest BCUT2D eigenvalue weighted by molar-refractivity contribution is 5.49. The van der Waals surface area contributed by atoms with Gasteiger partial charge in [-0.3, -0.25) is 0 Å². The van der Waals surface area contributed by atoms with Crippen LogP contribution in [0.2, 0.25) is 0 Å². The van der Waals surface area contributed by atoms with Crippen molar-refractivity contribution in [3.05, 3.63) is 6.42 Å². The number of hydrogen-bond donors (Lipinski definition) is 0. The van der Waals surface area contributed by atoms with Crippen molar-refractivity contribution in [1.82, 2.24) is 0 Å². The second-order valence-corrected chi connectivity index (χ2v) is 2.17. The van der Waals surface area contributed by atoms with Crippen LogP contribution in [0.1, 0.15) is 39.0 Å². The van der Waals surface area contributed by atoms with E-state index in [4.69, 9.17) is 0 Å². The highest BCUT2D eigenvalue weighted by Gasteiger charge is 1.86. The lowest BCUT2D eigenvalue weighted by Gasteiger charge is -1.93. The fourth-order valence-electron chi connectivity index (χ4n) is 0.679. The maximum atomic E-state index is 9.82. The van der Waals surface area contributed by atoms with E-state index in [1.165, 1.54) is 19.3 Å². The van der Waals surface area contributed by atoms with E-state index in [1.807, 2.05) is 0 Å². The Bertz CT molecular complexity index is 59.6. The van der Waals surface area contributed by atoms with E-state index in [-0.39, 0.29) is 0 Å². The van der Waals surface area contributed by atoms with E-state index in [0.29, 0.717) is 6.42 Å². The molecule has 0 saturated carbocycles. The van der Waals surface area contributed by atoms with Gasteiger partial charge in [0.25, 0.3) is 0 Å². The Labute approximate surface area is 57.5 Å². The van der Waals surface area contributed by atoms with Crippen molar-refractivity contribution in [3.63, 3.8) is 0 Å². The normalized spacial score (nSPS) is 9.44. The lowest BCUT2D eigenvalue weighted by molar-refractivity contribution is -0.107. The molecule has 0 unspecified atom stereocenters. The van der Waals surface area contributed by atoms with Crippen molar-refractivity contribution >= 4 is 6.29 Å². The van der Waals surface area contributed by atoms with Gasteiger partial charge in [0.05, 0.1) is 0 Å². The van der Waals surface area contributed by atoms with Crippen LogP contribution in [0.5, 0.6) is 0 Å². The first-order chi connectivity index (χ1) is 4.41. The number of hydrogen-bond acceptors (Lipinski definition) is 1. The van der Waals surface area contributed by atoms with Gasteiger partial charge in [-0.2, -0.15) is 0 Å². The number of unbranched alkanes of at least 4 members (excludes halogenated alkanes) is 5. The Morgan fingerprint density at radius 3 is 2.56 bits per heavy atom. The third-order valence-corrected chi connectivity index (χ3v) is 1.25. The molecule has 0 aromatic rings. The van der Waals surface area contributed by atoms with Crippen LogP contribution in [0.15, 0.2) is 0 Å². The largest absolute Gasteiger partial charge is 0.303 e. The maximum absolute atomic E-state index is 9.82. The molecule has 0 rings (SSSR count). The monoisotopic (exact) mass is 127 g/mol. The molecule has 0 amide bonds. The van der Waals surface area contributed by atoms with Crippen molar-refractivity contribution in [2.45, 2.75) is 39.0 Å². The summed E-state index contributed by atoms with van der Waals surface area (Å²) in [6, 6.07) is 0. The van der Waals surface area contributed by atoms with Gasteiger partial charge < -0.3 is 4.79 Å². The number of rotatable bonds is 6. The number of carbonyl (C=O) groups excluding carboxylic acids is 1. The minimum atomic E-state index is 0.698. The van der Waals surface area contributed by atoms with Gasteiger partial charge in [0.15, 0.2) is 0 Å². The van der Waals surface area contributed by atoms with Crippen LogP contribution in [-0.2, 0) is 4.79 Å². The van der Waals surface area contributed by atoms with Gasteiger partial charge in [0.1, 0.15) is 6.29 Å². The summed E-state index contributed by atoms with van der Waals surface area (Å²) in [7, 11) is 0. The van der Waals surface area contributed by atoms with Gasteiger partial charge in [-0.1, -0.05) is 26.2 Å². The molecule has 0 bridgehead atoms. The van der Waals surface area contributed by atoms with Crippen LogP contribution in [-0.4, -0.2) is 6.29 Å². The maximum Gasteiger partial charge on any atom is 0.120 e. The highest BCUT2D eigenvalue weighted by Crippen LogP contribution is 2.01. The summed E-state index contributed by atoms with van der Waals surface area (Å²) in [6.45, 7) is 2.17. The molecule has 0 aliphatic rings. The minimum absolute atomic E-state index is 0.698. The molecule has 0 spiro atoms. The fourth-order valence-corrected chi connectivity index (χ4v) is 0.679. The smallest absolute Gasteiger partial charge is 0.120 e. The molecular formula is C8H15O. The van der Waals surface area contributed by atoms with Gasteiger partial charge in [0.2, 0.25) is 0 Å². The van der Waals surface area contributed by atoms with Crippen molar-refractivity contribution in [2.24, 2.45) is 0 Å². The first-order valence-corrected chi connectivity index (χ1v) is 3.67. The van der Waals surface area contributed by atoms with Gasteiger partial charge in [-0.05, 0) is 12.8 Å². The SMILES string of the molecule is CCCC[CH]CCC=O. The van der Waals surface area contributed by atoms with Gasteiger partial charge in [0, 0.05) is 6.42 Å². The van der Waals surface area contributed by atoms with E-state index in [0.717, 1.165) is 12.7 Å². The summed E-state index contributed by atoms with van der Waals surface area (Å²) in [5.74, 6) is 0. The van der Waals surface area contributed by atoms with Crippen LogP contribution >= 0.6 is 0 Å². The van der Waals surface area contributed by atoms with Crippen LogP contribution < -0.4 is 0 Å². The van der Waals surface area contributed by atoms with Crippen molar-refractivity contribution in [2.75, 3.05) is 0 Å². The van der Waals surface area contributed by atoms with Crippen molar-refractivity contribution in [3.8, 4) is 0 Å². The van der Waals surface area contributed by atoms with Gasteiger partial charge in [-0.25, -0.2) is 0 Å². The Morgan fingerprint density at radius 2 is 2.00 bits per heavy atom. The van der Waals surface area contributed by atoms with E-state index in [1.54, 1.807) is 0 Å². The van der Waals surface area contributed by atoms with E-state index in [2.05, 4.69) is 13.3 Å². The third kappa shape index (κ3) is 7.67. The summed E-state index contributed by atoms with van der Waals surface area (Å²) >= 11 is 0. The molecular weight excluding hydrogens is 112 g/mol. The van der Waals surface area contributed by atoms with Crippen LogP contribution in [0.4, 0.5) is 0 Å². The van der Waals surface area contributed by atoms with E-state index >= 15 is 0 Å². The molecule has 1 nitrogen and oxygen atoms in total. The molecule has 0 N–H and O–H groups in total. The van der Waals surface area contributed by atoms with Gasteiger partial charge in [-0.15, -0.1) is 0 Å². The molecule has 0 atom stereocenters. The molecule has 0 heterocycles. The lowest BCUT2D eigenvalue weighted by Crippen LogP contribution is -1.79. The van der Waals surface area contributed by atoms with Crippen molar-refractivity contribution < 1.29 is 4.79 Å². The summed E-state index contributed by atoms with van der Waals surface area (Å²) in [6.07, 6.45) is 8.51. The van der Waals surface area contributed by atoms with E-state index in [9.17, 15) is 4.79 Å². The topological polar surface area (TPSA) is 17.1 Å². The standard InChI is InChI=1S/C8H15O/c1-2-3-4-5-6-7-8-9/h5,8H,2-4,6-7H2,1H3. The minimum Gasteiger partial charge on any atom is -0.303 e. The Hall–Kier alpha value is -0.330. The molecule has 0 aliphatic carbocycles. The van der Waals surface area contributed by atoms with Crippen LogP contribution in [0.3, 0.4) is 0 Å². The molecule has 1 radical (unpaired) electrons. The summed E-state index contributed by atoms with van der Waals surface area (Å²) in [5, 5.41) is 0. The van der Waals surface area contributed by atoms with Gasteiger partial charge >= 0.3 is 0 Å². The molecule has 0 fully saturated rings. The molecule has 1 heteroatoms.